The Kier molecular flexibility index (Phi) is 3.03. The van der Waals surface area contributed by atoms with Gasteiger partial charge in [-0.1, -0.05) is 38.1 Å². The van der Waals surface area contributed by atoms with Crippen molar-refractivity contribution in [3.05, 3.63) is 35.4 Å². The van der Waals surface area contributed by atoms with Crippen LogP contribution in [0.1, 0.15) is 37.5 Å². The lowest BCUT2D eigenvalue weighted by molar-refractivity contribution is 0.00526. The van der Waals surface area contributed by atoms with Crippen LogP contribution in [0.2, 0.25) is 0 Å². The summed E-state index contributed by atoms with van der Waals surface area (Å²) < 4.78 is 5.88. The van der Waals surface area contributed by atoms with Crippen molar-refractivity contribution in [1.82, 2.24) is 0 Å². The lowest BCUT2D eigenvalue weighted by atomic mass is 9.79. The topological polar surface area (TPSA) is 9.23 Å². The van der Waals surface area contributed by atoms with E-state index in [1.54, 1.807) is 0 Å². The first-order valence-corrected chi connectivity index (χ1v) is 5.95. The van der Waals surface area contributed by atoms with E-state index in [1.807, 2.05) is 0 Å². The molecule has 1 heterocycles. The molecule has 0 amide bonds. The van der Waals surface area contributed by atoms with Crippen LogP contribution in [0.3, 0.4) is 0 Å². The molecule has 0 N–H and O–H groups in total. The minimum Gasteiger partial charge on any atom is -0.373 e. The van der Waals surface area contributed by atoms with Gasteiger partial charge < -0.3 is 4.74 Å². The van der Waals surface area contributed by atoms with E-state index in [0.29, 0.717) is 5.88 Å². The van der Waals surface area contributed by atoms with Crippen molar-refractivity contribution in [2.75, 3.05) is 12.5 Å². The van der Waals surface area contributed by atoms with Crippen LogP contribution in [0.25, 0.3) is 0 Å². The predicted octanol–water partition coefficient (Wildman–Crippen LogP) is 3.66. The molecule has 0 saturated carbocycles. The van der Waals surface area contributed by atoms with Gasteiger partial charge in [-0.2, -0.15) is 0 Å². The van der Waals surface area contributed by atoms with E-state index in [1.165, 1.54) is 11.1 Å². The summed E-state index contributed by atoms with van der Waals surface area (Å²) in [6, 6.07) is 8.54. The fourth-order valence-corrected chi connectivity index (χ4v) is 2.41. The molecule has 0 saturated heterocycles. The highest BCUT2D eigenvalue weighted by Gasteiger charge is 2.32. The molecule has 1 aromatic rings. The number of hydrogen-bond donors (Lipinski definition) is 0. The zero-order chi connectivity index (χ0) is 10.9. The molecule has 2 rings (SSSR count). The van der Waals surface area contributed by atoms with Crippen LogP contribution in [0.5, 0.6) is 0 Å². The van der Waals surface area contributed by atoms with Gasteiger partial charge in [0.15, 0.2) is 0 Å². The molecule has 1 atom stereocenters. The van der Waals surface area contributed by atoms with Crippen molar-refractivity contribution in [2.45, 2.75) is 31.8 Å². The van der Waals surface area contributed by atoms with Crippen LogP contribution >= 0.6 is 11.6 Å². The van der Waals surface area contributed by atoms with E-state index in [2.05, 4.69) is 38.1 Å². The monoisotopic (exact) mass is 224 g/mol. The molecule has 0 aliphatic carbocycles. The van der Waals surface area contributed by atoms with Gasteiger partial charge in [-0.25, -0.2) is 0 Å². The summed E-state index contributed by atoms with van der Waals surface area (Å²) >= 11 is 5.79. The summed E-state index contributed by atoms with van der Waals surface area (Å²) in [4.78, 5) is 0. The molecule has 0 radical (unpaired) electrons. The average Bonchev–Trinajstić information content (AvgIpc) is 2.23. The van der Waals surface area contributed by atoms with Crippen LogP contribution in [0.15, 0.2) is 24.3 Å². The van der Waals surface area contributed by atoms with Crippen LogP contribution in [-0.2, 0) is 10.2 Å². The zero-order valence-electron chi connectivity index (χ0n) is 9.29. The van der Waals surface area contributed by atoms with Gasteiger partial charge in [-0.3, -0.25) is 0 Å². The van der Waals surface area contributed by atoms with E-state index >= 15 is 0 Å². The van der Waals surface area contributed by atoms with Crippen LogP contribution < -0.4 is 0 Å². The lowest BCUT2D eigenvalue weighted by Gasteiger charge is -2.37. The van der Waals surface area contributed by atoms with E-state index in [4.69, 9.17) is 16.3 Å². The highest BCUT2D eigenvalue weighted by molar-refractivity contribution is 6.17. The van der Waals surface area contributed by atoms with Gasteiger partial charge in [-0.15, -0.1) is 11.6 Å². The summed E-state index contributed by atoms with van der Waals surface area (Å²) in [7, 11) is 0. The van der Waals surface area contributed by atoms with Gasteiger partial charge in [0.05, 0.1) is 12.7 Å². The number of benzene rings is 1. The largest absolute Gasteiger partial charge is 0.373 e. The van der Waals surface area contributed by atoms with Gasteiger partial charge >= 0.3 is 0 Å². The first-order valence-electron chi connectivity index (χ1n) is 5.42. The fraction of sp³-hybridized carbons (Fsp3) is 0.538. The Morgan fingerprint density at radius 2 is 2.13 bits per heavy atom. The highest BCUT2D eigenvalue weighted by Crippen LogP contribution is 2.38. The third-order valence-corrected chi connectivity index (χ3v) is 3.27. The van der Waals surface area contributed by atoms with Crippen molar-refractivity contribution in [1.29, 1.82) is 0 Å². The minimum absolute atomic E-state index is 0.124. The Labute approximate surface area is 96.4 Å². The molecule has 1 aliphatic rings. The Bertz CT molecular complexity index is 346. The lowest BCUT2D eigenvalue weighted by Crippen LogP contribution is -2.32. The van der Waals surface area contributed by atoms with Gasteiger partial charge in [0.25, 0.3) is 0 Å². The number of rotatable bonds is 2. The fourth-order valence-electron chi connectivity index (χ4n) is 2.21. The molecular weight excluding hydrogens is 208 g/mol. The zero-order valence-corrected chi connectivity index (χ0v) is 10.1. The van der Waals surface area contributed by atoms with Crippen molar-refractivity contribution in [3.8, 4) is 0 Å². The maximum atomic E-state index is 5.88. The summed E-state index contributed by atoms with van der Waals surface area (Å²) in [6.07, 6.45) is 1.08. The Morgan fingerprint density at radius 1 is 1.40 bits per heavy atom. The first kappa shape index (κ1) is 11.0. The van der Waals surface area contributed by atoms with E-state index in [0.717, 1.165) is 13.0 Å². The third kappa shape index (κ3) is 2.04. The van der Waals surface area contributed by atoms with Gasteiger partial charge in [-0.05, 0) is 17.5 Å². The SMILES string of the molecule is CC1(C)COC(CCCl)c2ccccc21. The van der Waals surface area contributed by atoms with Crippen molar-refractivity contribution in [2.24, 2.45) is 0 Å². The molecule has 2 heteroatoms. The molecule has 1 nitrogen and oxygen atoms in total. The molecule has 0 aromatic heterocycles. The third-order valence-electron chi connectivity index (χ3n) is 3.05. The number of halogens is 1. The number of hydrogen-bond acceptors (Lipinski definition) is 1. The van der Waals surface area contributed by atoms with Gasteiger partial charge in [0, 0.05) is 11.3 Å². The quantitative estimate of drug-likeness (QED) is 0.697. The summed E-state index contributed by atoms with van der Waals surface area (Å²) in [5, 5.41) is 0. The molecular formula is C13H17ClO. The Balaban J connectivity index is 2.39. The molecule has 0 bridgehead atoms. The first-order chi connectivity index (χ1) is 7.15. The number of alkyl halides is 1. The molecule has 15 heavy (non-hydrogen) atoms. The molecule has 0 fully saturated rings. The van der Waals surface area contributed by atoms with Crippen molar-refractivity contribution < 1.29 is 4.74 Å². The van der Waals surface area contributed by atoms with Crippen molar-refractivity contribution in [3.63, 3.8) is 0 Å². The van der Waals surface area contributed by atoms with E-state index in [9.17, 15) is 0 Å². The second kappa shape index (κ2) is 4.15. The van der Waals surface area contributed by atoms with E-state index < -0.39 is 0 Å². The average molecular weight is 225 g/mol. The number of ether oxygens (including phenoxy) is 1. The minimum atomic E-state index is 0.124. The Morgan fingerprint density at radius 3 is 2.87 bits per heavy atom. The maximum Gasteiger partial charge on any atom is 0.0839 e. The van der Waals surface area contributed by atoms with Crippen molar-refractivity contribution >= 4 is 11.6 Å². The normalized spacial score (nSPS) is 23.5. The van der Waals surface area contributed by atoms with Crippen LogP contribution in [0, 0.1) is 0 Å². The standard InChI is InChI=1S/C13H17ClO/c1-13(2)9-15-12(7-8-14)10-5-3-4-6-11(10)13/h3-6,12H,7-9H2,1-2H3. The predicted molar refractivity (Wildman–Crippen MR) is 63.5 cm³/mol. The Hall–Kier alpha value is -0.530. The molecule has 82 valence electrons. The second-order valence-electron chi connectivity index (χ2n) is 4.75. The number of fused-ring (bicyclic) bond motifs is 1. The van der Waals surface area contributed by atoms with Gasteiger partial charge in [0.2, 0.25) is 0 Å². The smallest absolute Gasteiger partial charge is 0.0839 e. The van der Waals surface area contributed by atoms with E-state index in [-0.39, 0.29) is 11.5 Å². The summed E-state index contributed by atoms with van der Waals surface area (Å²) in [6.45, 7) is 5.23. The molecule has 0 spiro atoms. The second-order valence-corrected chi connectivity index (χ2v) is 5.13. The summed E-state index contributed by atoms with van der Waals surface area (Å²) in [5.74, 6) is 0.652. The molecule has 1 unspecified atom stereocenters. The van der Waals surface area contributed by atoms with Crippen LogP contribution in [0.4, 0.5) is 0 Å². The van der Waals surface area contributed by atoms with Crippen LogP contribution in [-0.4, -0.2) is 12.5 Å². The maximum absolute atomic E-state index is 5.88. The van der Waals surface area contributed by atoms with Gasteiger partial charge in [0.1, 0.15) is 0 Å². The molecule has 1 aliphatic heterocycles. The summed E-state index contributed by atoms with van der Waals surface area (Å²) in [5.41, 5.74) is 2.85. The highest BCUT2D eigenvalue weighted by atomic mass is 35.5. The molecule has 1 aromatic carbocycles.